The van der Waals surface area contributed by atoms with Gasteiger partial charge in [0.1, 0.15) is 0 Å². The van der Waals surface area contributed by atoms with Gasteiger partial charge in [0.05, 0.1) is 25.4 Å². The van der Waals surface area contributed by atoms with Crippen molar-refractivity contribution in [3.05, 3.63) is 24.3 Å². The van der Waals surface area contributed by atoms with E-state index in [0.29, 0.717) is 25.9 Å². The summed E-state index contributed by atoms with van der Waals surface area (Å²) < 4.78 is 5.50. The van der Waals surface area contributed by atoms with E-state index in [1.807, 2.05) is 0 Å². The number of carbonyl (C=O) groups is 2. The lowest BCUT2D eigenvalue weighted by Gasteiger charge is -2.22. The maximum absolute atomic E-state index is 12.6. The molecule has 0 rings (SSSR count). The monoisotopic (exact) mass is 1310 g/mol. The Morgan fingerprint density at radius 2 is 0.538 bits per heavy atom. The zero-order valence-corrected chi connectivity index (χ0v) is 63.5. The molecule has 0 bridgehead atoms. The second-order valence-electron chi connectivity index (χ2n) is 29.9. The Hall–Kier alpha value is -1.66. The number of nitrogens with one attached hydrogen (secondary N) is 1. The number of amides is 1. The fourth-order valence-electron chi connectivity index (χ4n) is 14.0. The lowest BCUT2D eigenvalue weighted by Crippen LogP contribution is -2.45. The third-order valence-electron chi connectivity index (χ3n) is 20.5. The summed E-state index contributed by atoms with van der Waals surface area (Å²) in [5.41, 5.74) is 0. The smallest absolute Gasteiger partial charge is 0.305 e. The van der Waals surface area contributed by atoms with E-state index in [-0.39, 0.29) is 18.5 Å². The third kappa shape index (κ3) is 79.2. The number of rotatable bonds is 82. The second-order valence-corrected chi connectivity index (χ2v) is 29.9. The van der Waals surface area contributed by atoms with E-state index in [2.05, 4.69) is 43.5 Å². The predicted molar refractivity (Wildman–Crippen MR) is 412 cm³/mol. The molecular formula is C87H169NO5. The number of hydrogen-bond donors (Lipinski definition) is 3. The highest BCUT2D eigenvalue weighted by atomic mass is 16.5. The summed E-state index contributed by atoms with van der Waals surface area (Å²) in [7, 11) is 0. The molecule has 552 valence electrons. The fourth-order valence-corrected chi connectivity index (χ4v) is 14.0. The van der Waals surface area contributed by atoms with E-state index in [0.717, 1.165) is 44.9 Å². The normalized spacial score (nSPS) is 12.5. The molecular weight excluding hydrogens is 1140 g/mol. The Morgan fingerprint density at radius 1 is 0.301 bits per heavy atom. The molecule has 93 heavy (non-hydrogen) atoms. The van der Waals surface area contributed by atoms with Gasteiger partial charge in [-0.15, -0.1) is 0 Å². The van der Waals surface area contributed by atoms with Gasteiger partial charge in [0, 0.05) is 12.8 Å². The highest BCUT2D eigenvalue weighted by Gasteiger charge is 2.20. The second kappa shape index (κ2) is 82.8. The molecule has 0 aromatic rings. The van der Waals surface area contributed by atoms with Crippen LogP contribution in [0.1, 0.15) is 495 Å². The summed E-state index contributed by atoms with van der Waals surface area (Å²) in [6.07, 6.45) is 107. The van der Waals surface area contributed by atoms with Gasteiger partial charge in [0.2, 0.25) is 5.91 Å². The van der Waals surface area contributed by atoms with Crippen LogP contribution in [-0.2, 0) is 14.3 Å². The van der Waals surface area contributed by atoms with Gasteiger partial charge in [-0.3, -0.25) is 9.59 Å². The standard InChI is InChI=1S/C87H169NO5/c1-3-5-7-9-11-13-15-17-18-19-20-21-22-40-43-46-49-52-56-59-63-67-71-75-79-85(90)84(83-89)88-86(91)80-76-72-68-64-60-57-53-50-47-44-41-38-36-34-32-30-28-26-24-23-25-27-29-31-33-35-37-39-42-45-48-51-54-58-62-66-70-74-78-82-93-87(92)81-77-73-69-65-61-55-16-14-12-10-8-6-4-2/h23-24,27,29,84-85,89-90H,3-22,25-26,28,30-83H2,1-2H3,(H,88,91)/b24-23-,29-27-. The van der Waals surface area contributed by atoms with Crippen LogP contribution in [0.15, 0.2) is 24.3 Å². The van der Waals surface area contributed by atoms with Crippen molar-refractivity contribution in [3.8, 4) is 0 Å². The molecule has 2 atom stereocenters. The van der Waals surface area contributed by atoms with E-state index >= 15 is 0 Å². The van der Waals surface area contributed by atoms with Crippen LogP contribution in [-0.4, -0.2) is 47.4 Å². The van der Waals surface area contributed by atoms with Gasteiger partial charge >= 0.3 is 5.97 Å². The average Bonchev–Trinajstić information content (AvgIpc) is 3.65. The van der Waals surface area contributed by atoms with Crippen LogP contribution in [0.4, 0.5) is 0 Å². The molecule has 0 aromatic heterocycles. The van der Waals surface area contributed by atoms with Gasteiger partial charge in [-0.05, 0) is 57.8 Å². The Labute approximate surface area is 583 Å². The van der Waals surface area contributed by atoms with Gasteiger partial charge in [-0.25, -0.2) is 0 Å². The molecule has 0 heterocycles. The van der Waals surface area contributed by atoms with Crippen molar-refractivity contribution in [2.45, 2.75) is 508 Å². The van der Waals surface area contributed by atoms with Gasteiger partial charge in [0.25, 0.3) is 0 Å². The molecule has 0 aliphatic carbocycles. The van der Waals surface area contributed by atoms with Crippen molar-refractivity contribution >= 4 is 11.9 Å². The minimum atomic E-state index is -0.664. The number of carbonyl (C=O) groups excluding carboxylic acids is 2. The van der Waals surface area contributed by atoms with E-state index in [9.17, 15) is 19.8 Å². The van der Waals surface area contributed by atoms with E-state index in [1.54, 1.807) is 0 Å². The van der Waals surface area contributed by atoms with Gasteiger partial charge in [0.15, 0.2) is 0 Å². The molecule has 0 fully saturated rings. The maximum atomic E-state index is 12.6. The van der Waals surface area contributed by atoms with Crippen LogP contribution in [0.5, 0.6) is 0 Å². The van der Waals surface area contributed by atoms with Crippen LogP contribution in [0, 0.1) is 0 Å². The number of ether oxygens (including phenoxy) is 1. The number of unbranched alkanes of at least 4 members (excludes halogenated alkanes) is 67. The van der Waals surface area contributed by atoms with E-state index in [1.165, 1.54) is 417 Å². The van der Waals surface area contributed by atoms with Crippen LogP contribution in [0.2, 0.25) is 0 Å². The summed E-state index contributed by atoms with van der Waals surface area (Å²) >= 11 is 0. The fraction of sp³-hybridized carbons (Fsp3) is 0.931. The highest BCUT2D eigenvalue weighted by molar-refractivity contribution is 5.76. The molecule has 0 radical (unpaired) electrons. The van der Waals surface area contributed by atoms with E-state index < -0.39 is 12.1 Å². The molecule has 0 spiro atoms. The van der Waals surface area contributed by atoms with E-state index in [4.69, 9.17) is 4.74 Å². The quantitative estimate of drug-likeness (QED) is 0.0320. The van der Waals surface area contributed by atoms with Gasteiger partial charge < -0.3 is 20.3 Å². The van der Waals surface area contributed by atoms with Crippen LogP contribution < -0.4 is 5.32 Å². The lowest BCUT2D eigenvalue weighted by molar-refractivity contribution is -0.143. The Bertz CT molecular complexity index is 1460. The minimum absolute atomic E-state index is 0.0230. The van der Waals surface area contributed by atoms with Crippen LogP contribution >= 0.6 is 0 Å². The maximum Gasteiger partial charge on any atom is 0.305 e. The largest absolute Gasteiger partial charge is 0.466 e. The topological polar surface area (TPSA) is 95.9 Å². The first-order valence-electron chi connectivity index (χ1n) is 43.1. The average molecular weight is 1310 g/mol. The molecule has 1 amide bonds. The molecule has 0 saturated heterocycles. The van der Waals surface area contributed by atoms with Crippen molar-refractivity contribution in [1.82, 2.24) is 5.32 Å². The molecule has 2 unspecified atom stereocenters. The molecule has 3 N–H and O–H groups in total. The number of hydrogen-bond acceptors (Lipinski definition) is 5. The molecule has 6 nitrogen and oxygen atoms in total. The lowest BCUT2D eigenvalue weighted by atomic mass is 10.0. The third-order valence-corrected chi connectivity index (χ3v) is 20.5. The summed E-state index contributed by atoms with van der Waals surface area (Å²) in [5.74, 6) is -0.00265. The Balaban J connectivity index is 3.35. The van der Waals surface area contributed by atoms with Crippen LogP contribution in [0.3, 0.4) is 0 Å². The first-order chi connectivity index (χ1) is 46.0. The van der Waals surface area contributed by atoms with Crippen molar-refractivity contribution < 1.29 is 24.5 Å². The van der Waals surface area contributed by atoms with Crippen molar-refractivity contribution in [1.29, 1.82) is 0 Å². The number of aliphatic hydroxyl groups excluding tert-OH is 2. The number of allylic oxidation sites excluding steroid dienone is 4. The van der Waals surface area contributed by atoms with Gasteiger partial charge in [-0.1, -0.05) is 449 Å². The first kappa shape index (κ1) is 91.3. The summed E-state index contributed by atoms with van der Waals surface area (Å²) in [6.45, 7) is 5.02. The zero-order valence-electron chi connectivity index (χ0n) is 63.5. The van der Waals surface area contributed by atoms with Crippen molar-refractivity contribution in [3.63, 3.8) is 0 Å². The van der Waals surface area contributed by atoms with Crippen molar-refractivity contribution in [2.75, 3.05) is 13.2 Å². The zero-order chi connectivity index (χ0) is 67.0. The van der Waals surface area contributed by atoms with Crippen molar-refractivity contribution in [2.24, 2.45) is 0 Å². The number of esters is 1. The molecule has 0 aliphatic rings. The molecule has 0 aromatic carbocycles. The summed E-state index contributed by atoms with van der Waals surface area (Å²) in [5, 5.41) is 23.5. The van der Waals surface area contributed by atoms with Gasteiger partial charge in [-0.2, -0.15) is 0 Å². The summed E-state index contributed by atoms with van der Waals surface area (Å²) in [6, 6.07) is -0.540. The predicted octanol–water partition coefficient (Wildman–Crippen LogP) is 28.8. The number of aliphatic hydroxyl groups is 2. The highest BCUT2D eigenvalue weighted by Crippen LogP contribution is 2.21. The minimum Gasteiger partial charge on any atom is -0.466 e. The van der Waals surface area contributed by atoms with Crippen LogP contribution in [0.25, 0.3) is 0 Å². The Morgan fingerprint density at radius 3 is 0.817 bits per heavy atom. The molecule has 6 heteroatoms. The Kier molecular flexibility index (Phi) is 81.3. The molecule has 0 saturated carbocycles. The summed E-state index contributed by atoms with van der Waals surface area (Å²) in [4.78, 5) is 24.7. The SMILES string of the molecule is CCCCCCCCCCCCCCCCCCCCCCCCCCC(O)C(CO)NC(=O)CCCCCCCCCCCCCCCCCCC/C=C\C/C=C\CCCCCCCCCCCCCCCCCOC(=O)CCCCCCCCCCCCCCC. The molecule has 0 aliphatic heterocycles. The first-order valence-corrected chi connectivity index (χ1v) is 43.1.